The second kappa shape index (κ2) is 7.80. The first kappa shape index (κ1) is 17.1. The van der Waals surface area contributed by atoms with Crippen molar-refractivity contribution in [1.82, 2.24) is 15.5 Å². The maximum atomic E-state index is 12.3. The Bertz CT molecular complexity index is 483. The Hall–Kier alpha value is -0.310. The van der Waals surface area contributed by atoms with Crippen LogP contribution in [0.3, 0.4) is 0 Å². The molecule has 0 aromatic carbocycles. The predicted molar refractivity (Wildman–Crippen MR) is 88.2 cm³/mol. The molecule has 2 atom stereocenters. The van der Waals surface area contributed by atoms with Gasteiger partial charge >= 0.3 is 5.97 Å². The van der Waals surface area contributed by atoms with Crippen molar-refractivity contribution in [3.63, 3.8) is 0 Å². The summed E-state index contributed by atoms with van der Waals surface area (Å²) in [7, 11) is 0. The summed E-state index contributed by atoms with van der Waals surface area (Å²) >= 11 is 4.97. The van der Waals surface area contributed by atoms with Gasteiger partial charge in [-0.1, -0.05) is 41.8 Å². The number of esters is 1. The summed E-state index contributed by atoms with van der Waals surface area (Å²) in [6.45, 7) is 5.07. The third-order valence-corrected chi connectivity index (χ3v) is 6.73. The maximum Gasteiger partial charge on any atom is 0.326 e. The van der Waals surface area contributed by atoms with Gasteiger partial charge in [-0.3, -0.25) is 4.79 Å². The van der Waals surface area contributed by atoms with Crippen LogP contribution in [0.1, 0.15) is 33.1 Å². The normalized spacial score (nSPS) is 25.2. The Kier molecular flexibility index (Phi) is 6.34. The molecule has 1 aromatic heterocycles. The lowest BCUT2D eigenvalue weighted by molar-refractivity contribution is -0.151. The van der Waals surface area contributed by atoms with Crippen LogP contribution in [0.15, 0.2) is 8.68 Å². The highest BCUT2D eigenvalue weighted by atomic mass is 32.2. The van der Waals surface area contributed by atoms with E-state index in [4.69, 9.17) is 4.74 Å². The number of aromatic nitrogens is 2. The van der Waals surface area contributed by atoms with E-state index in [1.165, 1.54) is 0 Å². The molecule has 1 N–H and O–H groups in total. The molecular formula is C13H21N3O2S3. The largest absolute Gasteiger partial charge is 0.465 e. The maximum absolute atomic E-state index is 12.3. The lowest BCUT2D eigenvalue weighted by atomic mass is 9.98. The van der Waals surface area contributed by atoms with Gasteiger partial charge < -0.3 is 10.1 Å². The Morgan fingerprint density at radius 1 is 1.48 bits per heavy atom. The van der Waals surface area contributed by atoms with Crippen molar-refractivity contribution in [2.75, 3.05) is 19.4 Å². The fraction of sp³-hybridized carbons (Fsp3) is 0.769. The van der Waals surface area contributed by atoms with Gasteiger partial charge in [-0.15, -0.1) is 10.2 Å². The predicted octanol–water partition coefficient (Wildman–Crippen LogP) is 2.82. The van der Waals surface area contributed by atoms with E-state index >= 15 is 0 Å². The molecule has 1 fully saturated rings. The van der Waals surface area contributed by atoms with Crippen molar-refractivity contribution in [2.45, 2.75) is 52.6 Å². The first-order valence-corrected chi connectivity index (χ1v) is 10.0. The molecule has 0 amide bonds. The second-order valence-corrected chi connectivity index (χ2v) is 8.43. The van der Waals surface area contributed by atoms with Gasteiger partial charge in [0.05, 0.1) is 6.61 Å². The van der Waals surface area contributed by atoms with Crippen LogP contribution < -0.4 is 5.32 Å². The van der Waals surface area contributed by atoms with Gasteiger partial charge in [0.25, 0.3) is 0 Å². The number of thioether (sulfide) groups is 2. The van der Waals surface area contributed by atoms with Crippen LogP contribution in [0.4, 0.5) is 0 Å². The van der Waals surface area contributed by atoms with Crippen LogP contribution in [0.25, 0.3) is 0 Å². The summed E-state index contributed by atoms with van der Waals surface area (Å²) < 4.78 is 7.23. The summed E-state index contributed by atoms with van der Waals surface area (Å²) in [6, 6.07) is 0. The standard InChI is InChI=1S/C13H21N3O2S3/c1-4-14-13(10(17)18-5-2)7-6-9(8-13)20-12-16-15-11(19-3)21-12/h9,14H,4-8H2,1-3H3. The number of hydrogen-bond donors (Lipinski definition) is 1. The molecule has 1 aliphatic carbocycles. The molecule has 0 saturated heterocycles. The zero-order valence-electron chi connectivity index (χ0n) is 12.5. The van der Waals surface area contributed by atoms with Crippen LogP contribution >= 0.6 is 34.9 Å². The van der Waals surface area contributed by atoms with Crippen molar-refractivity contribution >= 4 is 40.8 Å². The lowest BCUT2D eigenvalue weighted by Crippen LogP contribution is -2.51. The molecule has 1 aliphatic rings. The van der Waals surface area contributed by atoms with Crippen LogP contribution in [0.5, 0.6) is 0 Å². The minimum absolute atomic E-state index is 0.114. The molecule has 0 radical (unpaired) electrons. The second-order valence-electron chi connectivity index (χ2n) is 4.85. The smallest absolute Gasteiger partial charge is 0.326 e. The van der Waals surface area contributed by atoms with Crippen molar-refractivity contribution < 1.29 is 9.53 Å². The van der Waals surface area contributed by atoms with E-state index < -0.39 is 5.54 Å². The fourth-order valence-corrected chi connectivity index (χ4v) is 5.57. The molecule has 0 spiro atoms. The van der Waals surface area contributed by atoms with E-state index in [-0.39, 0.29) is 5.97 Å². The molecule has 1 saturated carbocycles. The number of ether oxygens (including phenoxy) is 1. The molecular weight excluding hydrogens is 326 g/mol. The molecule has 1 heterocycles. The molecule has 118 valence electrons. The van der Waals surface area contributed by atoms with E-state index in [0.717, 1.165) is 34.5 Å². The number of carbonyl (C=O) groups excluding carboxylic acids is 1. The van der Waals surface area contributed by atoms with Crippen LogP contribution in [0.2, 0.25) is 0 Å². The minimum atomic E-state index is -0.518. The van der Waals surface area contributed by atoms with E-state index in [1.807, 2.05) is 20.1 Å². The van der Waals surface area contributed by atoms with E-state index in [1.54, 1.807) is 34.9 Å². The topological polar surface area (TPSA) is 64.1 Å². The lowest BCUT2D eigenvalue weighted by Gasteiger charge is -2.27. The SMILES string of the molecule is CCNC1(C(=O)OCC)CCC(Sc2nnc(SC)s2)C1. The summed E-state index contributed by atoms with van der Waals surface area (Å²) in [5.74, 6) is -0.114. The highest BCUT2D eigenvalue weighted by Gasteiger charge is 2.46. The number of nitrogens with zero attached hydrogens (tertiary/aromatic N) is 2. The summed E-state index contributed by atoms with van der Waals surface area (Å²) in [4.78, 5) is 12.3. The zero-order chi connectivity index (χ0) is 15.3. The quantitative estimate of drug-likeness (QED) is 0.601. The Morgan fingerprint density at radius 2 is 2.24 bits per heavy atom. The number of nitrogens with one attached hydrogen (secondary N) is 1. The monoisotopic (exact) mass is 347 g/mol. The zero-order valence-corrected chi connectivity index (χ0v) is 15.0. The molecule has 0 aliphatic heterocycles. The molecule has 5 nitrogen and oxygen atoms in total. The highest BCUT2D eigenvalue weighted by molar-refractivity contribution is 8.03. The molecule has 2 unspecified atom stereocenters. The third kappa shape index (κ3) is 4.12. The van der Waals surface area contributed by atoms with Gasteiger partial charge in [0.2, 0.25) is 0 Å². The summed E-state index contributed by atoms with van der Waals surface area (Å²) in [6.07, 6.45) is 4.61. The number of hydrogen-bond acceptors (Lipinski definition) is 8. The van der Waals surface area contributed by atoms with Gasteiger partial charge in [-0.2, -0.15) is 0 Å². The Balaban J connectivity index is 2.00. The first-order valence-electron chi connectivity index (χ1n) is 7.10. The van der Waals surface area contributed by atoms with Crippen molar-refractivity contribution in [1.29, 1.82) is 0 Å². The van der Waals surface area contributed by atoms with E-state index in [2.05, 4.69) is 15.5 Å². The van der Waals surface area contributed by atoms with E-state index in [9.17, 15) is 4.79 Å². The third-order valence-electron chi connectivity index (χ3n) is 3.48. The Labute approximate surface area is 138 Å². The van der Waals surface area contributed by atoms with Crippen LogP contribution in [-0.2, 0) is 9.53 Å². The highest BCUT2D eigenvalue weighted by Crippen LogP contribution is 2.42. The molecule has 21 heavy (non-hydrogen) atoms. The first-order chi connectivity index (χ1) is 10.1. The van der Waals surface area contributed by atoms with Gasteiger partial charge in [-0.25, -0.2) is 0 Å². The average Bonchev–Trinajstić information content (AvgIpc) is 3.08. The number of carbonyl (C=O) groups is 1. The van der Waals surface area contributed by atoms with Gasteiger partial charge in [0.1, 0.15) is 5.54 Å². The average molecular weight is 348 g/mol. The van der Waals surface area contributed by atoms with Crippen molar-refractivity contribution in [3.05, 3.63) is 0 Å². The van der Waals surface area contributed by atoms with Gasteiger partial charge in [0.15, 0.2) is 8.68 Å². The van der Waals surface area contributed by atoms with E-state index in [0.29, 0.717) is 11.9 Å². The van der Waals surface area contributed by atoms with Crippen LogP contribution in [0, 0.1) is 0 Å². The molecule has 8 heteroatoms. The van der Waals surface area contributed by atoms with Gasteiger partial charge in [0, 0.05) is 5.25 Å². The molecule has 1 aromatic rings. The van der Waals surface area contributed by atoms with Crippen LogP contribution in [-0.4, -0.2) is 46.4 Å². The fourth-order valence-electron chi connectivity index (χ4n) is 2.60. The van der Waals surface area contributed by atoms with Gasteiger partial charge in [-0.05, 0) is 39.0 Å². The summed E-state index contributed by atoms with van der Waals surface area (Å²) in [5, 5.41) is 12.1. The van der Waals surface area contributed by atoms with Crippen molar-refractivity contribution in [3.8, 4) is 0 Å². The number of rotatable bonds is 7. The van der Waals surface area contributed by atoms with Crippen molar-refractivity contribution in [2.24, 2.45) is 0 Å². The Morgan fingerprint density at radius 3 is 2.86 bits per heavy atom. The summed E-state index contributed by atoms with van der Waals surface area (Å²) in [5.41, 5.74) is -0.518. The molecule has 0 bridgehead atoms. The minimum Gasteiger partial charge on any atom is -0.465 e. The molecule has 2 rings (SSSR count). The number of likely N-dealkylation sites (N-methyl/N-ethyl adjacent to an activating group) is 1.